The zero-order valence-corrected chi connectivity index (χ0v) is 46.2. The predicted octanol–water partition coefficient (Wildman–Crippen LogP) is 12.0. The Hall–Kier alpha value is -5.92. The molecule has 0 N–H and O–H groups in total. The zero-order chi connectivity index (χ0) is 52.3. The monoisotopic (exact) mass is 1090 g/mol. The van der Waals surface area contributed by atoms with Gasteiger partial charge in [-0.1, -0.05) is 102 Å². The summed E-state index contributed by atoms with van der Waals surface area (Å²) in [4.78, 5) is 6.79. The van der Waals surface area contributed by atoms with Crippen molar-refractivity contribution in [2.75, 3.05) is 48.6 Å². The molecule has 384 valence electrons. The van der Waals surface area contributed by atoms with E-state index in [1.165, 1.54) is 37.8 Å². The minimum atomic E-state index is -4.38. The lowest BCUT2D eigenvalue weighted by Gasteiger charge is -2.22. The number of nitrogens with zero attached hydrogens (tertiary/aromatic N) is 4. The highest BCUT2D eigenvalue weighted by Gasteiger charge is 2.30. The van der Waals surface area contributed by atoms with E-state index in [4.69, 9.17) is 9.47 Å². The quantitative estimate of drug-likeness (QED) is 0.0670. The average Bonchev–Trinajstić information content (AvgIpc) is 4.04. The lowest BCUT2D eigenvalue weighted by molar-refractivity contribution is -0.669. The SMILES string of the molecule is CCC(=C\c1sc2cc(OC)c3ccccc3c2[n+]1CCCS(=O)(=O)[O-])/C=C1/Sc2ccc3ccccc3c2N1CCCS(=O)(=O)[O-].CCN1/C(=C\c2ccc3cc(C)ccc3[n+]2CC)Sc2ccc(OC)cc21. The van der Waals surface area contributed by atoms with Gasteiger partial charge in [0.2, 0.25) is 16.7 Å². The molecule has 0 bridgehead atoms. The van der Waals surface area contributed by atoms with E-state index in [0.29, 0.717) is 19.5 Å². The fourth-order valence-corrected chi connectivity index (χ4v) is 14.2. The number of aromatic nitrogens is 2. The molecular weight excluding hydrogens is 1030 g/mol. The topological polar surface area (TPSA) is 147 Å². The highest BCUT2D eigenvalue weighted by molar-refractivity contribution is 8.04. The number of anilines is 2. The van der Waals surface area contributed by atoms with Gasteiger partial charge in [0.1, 0.15) is 22.7 Å². The number of methoxy groups -OCH3 is 2. The first-order chi connectivity index (χ1) is 35.6. The number of aryl methyl sites for hydroxylation is 3. The molecule has 12 nitrogen and oxygen atoms in total. The van der Waals surface area contributed by atoms with E-state index in [1.54, 1.807) is 37.3 Å². The summed E-state index contributed by atoms with van der Waals surface area (Å²) in [5.74, 6) is 0.728. The molecule has 8 aromatic rings. The molecule has 0 aliphatic carbocycles. The number of hydrogen-bond donors (Lipinski definition) is 0. The summed E-state index contributed by atoms with van der Waals surface area (Å²) in [6.45, 7) is 11.2. The van der Waals surface area contributed by atoms with Crippen LogP contribution in [-0.2, 0) is 33.3 Å². The lowest BCUT2D eigenvalue weighted by atomic mass is 10.1. The van der Waals surface area contributed by atoms with Crippen molar-refractivity contribution in [2.45, 2.75) is 69.8 Å². The summed E-state index contributed by atoms with van der Waals surface area (Å²) >= 11 is 4.99. The number of rotatable bonds is 16. The highest BCUT2D eigenvalue weighted by Crippen LogP contribution is 2.51. The second-order valence-corrected chi connectivity index (χ2v) is 24.2. The number of ether oxygens (including phenoxy) is 2. The summed E-state index contributed by atoms with van der Waals surface area (Å²) in [7, 11) is -5.38. The highest BCUT2D eigenvalue weighted by atomic mass is 32.2. The van der Waals surface area contributed by atoms with E-state index >= 15 is 0 Å². The minimum absolute atomic E-state index is 0.167. The molecule has 2 aliphatic rings. The van der Waals surface area contributed by atoms with Crippen molar-refractivity contribution in [2.24, 2.45) is 0 Å². The van der Waals surface area contributed by atoms with Crippen molar-refractivity contribution in [1.82, 2.24) is 0 Å². The Kier molecular flexibility index (Phi) is 16.1. The maximum Gasteiger partial charge on any atom is 0.263 e. The molecule has 74 heavy (non-hydrogen) atoms. The first kappa shape index (κ1) is 52.9. The fraction of sp³-hybridized carbons (Fsp3) is 0.263. The molecule has 0 amide bonds. The van der Waals surface area contributed by atoms with E-state index in [9.17, 15) is 25.9 Å². The molecule has 6 aromatic carbocycles. The number of fused-ring (bicyclic) bond motifs is 8. The van der Waals surface area contributed by atoms with Gasteiger partial charge in [-0.25, -0.2) is 16.8 Å². The van der Waals surface area contributed by atoms with Crippen molar-refractivity contribution in [3.63, 3.8) is 0 Å². The van der Waals surface area contributed by atoms with Crippen LogP contribution in [0.1, 0.15) is 56.3 Å². The smallest absolute Gasteiger partial charge is 0.263 e. The van der Waals surface area contributed by atoms with E-state index in [-0.39, 0.29) is 12.8 Å². The first-order valence-corrected chi connectivity index (χ1v) is 30.2. The Labute approximate surface area is 446 Å². The normalized spacial score (nSPS) is 14.9. The third kappa shape index (κ3) is 11.5. The Balaban J connectivity index is 0.000000210. The van der Waals surface area contributed by atoms with Crippen LogP contribution in [-0.4, -0.2) is 64.8 Å². The number of thioether (sulfide) groups is 2. The lowest BCUT2D eigenvalue weighted by Crippen LogP contribution is -2.37. The minimum Gasteiger partial charge on any atom is -0.748 e. The van der Waals surface area contributed by atoms with Gasteiger partial charge in [-0.3, -0.25) is 0 Å². The molecule has 10 rings (SSSR count). The Morgan fingerprint density at radius 3 is 2.12 bits per heavy atom. The summed E-state index contributed by atoms with van der Waals surface area (Å²) in [6.07, 6.45) is 7.53. The maximum absolute atomic E-state index is 11.5. The Morgan fingerprint density at radius 2 is 1.41 bits per heavy atom. The van der Waals surface area contributed by atoms with Gasteiger partial charge in [-0.05, 0) is 87.0 Å². The van der Waals surface area contributed by atoms with Crippen LogP contribution in [0.4, 0.5) is 11.4 Å². The zero-order valence-electron chi connectivity index (χ0n) is 42.2. The van der Waals surface area contributed by atoms with Gasteiger partial charge in [-0.2, -0.15) is 9.13 Å². The van der Waals surface area contributed by atoms with E-state index in [1.807, 2.05) is 72.4 Å². The van der Waals surface area contributed by atoms with Gasteiger partial charge in [0.25, 0.3) is 5.01 Å². The van der Waals surface area contributed by atoms with Crippen molar-refractivity contribution >= 4 is 121 Å². The van der Waals surface area contributed by atoms with Crippen LogP contribution in [0.2, 0.25) is 0 Å². The van der Waals surface area contributed by atoms with Crippen LogP contribution in [0.5, 0.6) is 11.5 Å². The summed E-state index contributed by atoms with van der Waals surface area (Å²) in [5.41, 5.74) is 7.97. The standard InChI is InChI=1S/C34H34N2O7S4.C23H25N2OS/c1-3-23(20-31-35(16-8-18-46(37,38)39)33-25-11-5-4-10-24(25)14-15-29(33)44-31)21-32-36(17-9-19-47(40,41)42)34-27-13-7-6-12-26(27)28(43-2)22-30(34)45-32;1-5-24-18(9-8-17-13-16(3)7-11-20(17)24)14-23-25(6-2)21-15-19(26-4)10-12-22(21)27-23/h4-7,10-15,20-22H,3,8-9,16-19H2,1-2H3,(H-,37,38,39,40,41,42);7-15H,5-6H2,1-4H3/q;+1/p-1. The largest absolute Gasteiger partial charge is 0.748 e. The number of allylic oxidation sites excluding steroid dienone is 2. The van der Waals surface area contributed by atoms with Crippen molar-refractivity contribution < 1.29 is 44.5 Å². The predicted molar refractivity (Wildman–Crippen MR) is 302 cm³/mol. The van der Waals surface area contributed by atoms with Gasteiger partial charge in [0.05, 0.1) is 61.3 Å². The maximum atomic E-state index is 11.5. The van der Waals surface area contributed by atoms with E-state index < -0.39 is 31.7 Å². The molecule has 0 saturated carbocycles. The number of hydrogen-bond acceptors (Lipinski definition) is 13. The van der Waals surface area contributed by atoms with Crippen molar-refractivity contribution in [1.29, 1.82) is 0 Å². The van der Waals surface area contributed by atoms with Crippen LogP contribution < -0.4 is 28.4 Å². The molecule has 0 radical (unpaired) electrons. The van der Waals surface area contributed by atoms with Crippen molar-refractivity contribution in [3.8, 4) is 11.5 Å². The molecular formula is C57H58N4O8S5. The van der Waals surface area contributed by atoms with Crippen molar-refractivity contribution in [3.05, 3.63) is 153 Å². The molecule has 2 aliphatic heterocycles. The summed E-state index contributed by atoms with van der Waals surface area (Å²) in [5, 5.41) is 8.37. The van der Waals surface area contributed by atoms with Gasteiger partial charge < -0.3 is 28.4 Å². The summed E-state index contributed by atoms with van der Waals surface area (Å²) < 4.78 is 85.5. The van der Waals surface area contributed by atoms with Crippen LogP contribution in [0.15, 0.2) is 147 Å². The second-order valence-electron chi connectivity index (χ2n) is 18.0. The van der Waals surface area contributed by atoms with E-state index in [2.05, 4.69) is 119 Å². The average molecular weight is 1090 g/mol. The molecule has 17 heteroatoms. The third-order valence-corrected chi connectivity index (χ3v) is 18.0. The van der Waals surface area contributed by atoms with Gasteiger partial charge in [0.15, 0.2) is 6.54 Å². The third-order valence-electron chi connectivity index (χ3n) is 13.2. The molecule has 2 aromatic heterocycles. The fourth-order valence-electron chi connectivity index (χ4n) is 9.70. The van der Waals surface area contributed by atoms with Crippen LogP contribution in [0.25, 0.3) is 54.8 Å². The van der Waals surface area contributed by atoms with Crippen LogP contribution in [0.3, 0.4) is 0 Å². The van der Waals surface area contributed by atoms with Gasteiger partial charge in [-0.15, -0.1) is 0 Å². The molecule has 4 heterocycles. The van der Waals surface area contributed by atoms with Gasteiger partial charge in [0, 0.05) is 93.4 Å². The molecule has 0 fully saturated rings. The number of benzene rings is 6. The molecule has 0 unspecified atom stereocenters. The Bertz CT molecular complexity index is 3780. The molecule has 0 atom stereocenters. The molecule has 0 spiro atoms. The second kappa shape index (κ2) is 22.5. The van der Waals surface area contributed by atoms with Crippen LogP contribution in [0, 0.1) is 6.92 Å². The Morgan fingerprint density at radius 1 is 0.703 bits per heavy atom. The number of thiazole rings is 1. The van der Waals surface area contributed by atoms with Crippen LogP contribution >= 0.6 is 34.9 Å². The first-order valence-electron chi connectivity index (χ1n) is 24.6. The van der Waals surface area contributed by atoms with E-state index in [0.717, 1.165) is 82.5 Å². The summed E-state index contributed by atoms with van der Waals surface area (Å²) in [6, 6.07) is 39.5. The number of pyridine rings is 1. The molecule has 0 saturated heterocycles. The van der Waals surface area contributed by atoms with Gasteiger partial charge >= 0.3 is 0 Å².